The van der Waals surface area contributed by atoms with Crippen molar-refractivity contribution in [1.29, 1.82) is 0 Å². The zero-order chi connectivity index (χ0) is 19.2. The first-order valence-corrected chi connectivity index (χ1v) is 9.60. The number of hydrogen-bond donors (Lipinski definition) is 1. The first-order chi connectivity index (χ1) is 12.4. The van der Waals surface area contributed by atoms with E-state index in [1.807, 2.05) is 0 Å². The zero-order valence-corrected chi connectivity index (χ0v) is 15.4. The van der Waals surface area contributed by atoms with Gasteiger partial charge < -0.3 is 9.84 Å². The number of unbranched alkanes of at least 4 members (excludes halogenated alkanes) is 2. The lowest BCUT2D eigenvalue weighted by Gasteiger charge is -2.39. The van der Waals surface area contributed by atoms with Gasteiger partial charge in [-0.3, -0.25) is 4.79 Å². The van der Waals surface area contributed by atoms with E-state index in [1.54, 1.807) is 12.2 Å². The molecule has 0 bridgehead atoms. The molecular weight excluding hydrogens is 345 g/mol. The number of rotatable bonds is 9. The van der Waals surface area contributed by atoms with Gasteiger partial charge in [-0.05, 0) is 62.5 Å². The molecule has 0 spiro atoms. The predicted octanol–water partition coefficient (Wildman–Crippen LogP) is 5.87. The van der Waals surface area contributed by atoms with Gasteiger partial charge in [-0.2, -0.15) is 0 Å². The number of hydrogen-bond acceptors (Lipinski definition) is 2. The third-order valence-electron chi connectivity index (χ3n) is 5.77. The van der Waals surface area contributed by atoms with Crippen LogP contribution in [0, 0.1) is 17.3 Å². The smallest absolute Gasteiger partial charge is 0.309 e. The molecule has 0 aliphatic heterocycles. The Bertz CT molecular complexity index is 534. The maximum absolute atomic E-state index is 14.3. The van der Waals surface area contributed by atoms with Crippen LogP contribution in [0.5, 0.6) is 0 Å². The largest absolute Gasteiger partial charge is 0.491 e. The van der Waals surface area contributed by atoms with Gasteiger partial charge in [0.1, 0.15) is 0 Å². The summed E-state index contributed by atoms with van der Waals surface area (Å²) in [5.74, 6) is -1.09. The molecule has 0 aromatic heterocycles. The fraction of sp³-hybridized carbons (Fsp3) is 0.750. The van der Waals surface area contributed by atoms with Crippen molar-refractivity contribution in [3.63, 3.8) is 0 Å². The Morgan fingerprint density at radius 1 is 1.35 bits per heavy atom. The molecule has 1 saturated carbocycles. The third kappa shape index (κ3) is 5.27. The Balaban J connectivity index is 1.88. The average molecular weight is 374 g/mol. The van der Waals surface area contributed by atoms with Gasteiger partial charge in [-0.1, -0.05) is 19.8 Å². The van der Waals surface area contributed by atoms with Gasteiger partial charge >= 0.3 is 5.97 Å². The number of allylic oxidation sites excluding steroid dienone is 3. The van der Waals surface area contributed by atoms with Crippen molar-refractivity contribution in [1.82, 2.24) is 0 Å². The Labute approximate surface area is 153 Å². The van der Waals surface area contributed by atoms with Crippen LogP contribution in [0.15, 0.2) is 23.7 Å². The number of carboxylic acid groups (broad SMARTS) is 1. The normalized spacial score (nSPS) is 29.3. The maximum Gasteiger partial charge on any atom is 0.309 e. The molecule has 1 atom stereocenters. The van der Waals surface area contributed by atoms with E-state index in [2.05, 4.69) is 6.92 Å². The Morgan fingerprint density at radius 2 is 2.04 bits per heavy atom. The first kappa shape index (κ1) is 20.8. The highest BCUT2D eigenvalue weighted by Crippen LogP contribution is 2.47. The topological polar surface area (TPSA) is 46.5 Å². The van der Waals surface area contributed by atoms with Crippen LogP contribution in [0.1, 0.15) is 64.7 Å². The molecule has 0 aromatic carbocycles. The minimum atomic E-state index is -2.62. The summed E-state index contributed by atoms with van der Waals surface area (Å²) in [6.07, 6.45) is 5.32. The van der Waals surface area contributed by atoms with Crippen molar-refractivity contribution < 1.29 is 27.8 Å². The summed E-state index contributed by atoms with van der Waals surface area (Å²) in [6, 6.07) is 0. The molecule has 2 aliphatic rings. The van der Waals surface area contributed by atoms with Gasteiger partial charge in [0, 0.05) is 6.42 Å². The van der Waals surface area contributed by atoms with Crippen LogP contribution in [0.3, 0.4) is 0 Å². The highest BCUT2D eigenvalue weighted by Gasteiger charge is 2.45. The molecule has 0 radical (unpaired) electrons. The molecule has 6 heteroatoms. The van der Waals surface area contributed by atoms with E-state index in [-0.39, 0.29) is 30.5 Å². The van der Waals surface area contributed by atoms with E-state index in [4.69, 9.17) is 4.74 Å². The van der Waals surface area contributed by atoms with E-state index < -0.39 is 24.2 Å². The summed E-state index contributed by atoms with van der Waals surface area (Å²) in [5.41, 5.74) is -1.33. The van der Waals surface area contributed by atoms with Crippen molar-refractivity contribution in [3.8, 4) is 0 Å². The molecule has 0 aromatic rings. The highest BCUT2D eigenvalue weighted by molar-refractivity contribution is 5.74. The zero-order valence-electron chi connectivity index (χ0n) is 15.4. The second kappa shape index (κ2) is 9.47. The fourth-order valence-electron chi connectivity index (χ4n) is 4.09. The molecule has 0 saturated heterocycles. The maximum atomic E-state index is 14.3. The number of alkyl halides is 2. The Morgan fingerprint density at radius 3 is 2.58 bits per heavy atom. The van der Waals surface area contributed by atoms with Gasteiger partial charge in [0.05, 0.1) is 12.0 Å². The summed E-state index contributed by atoms with van der Waals surface area (Å²) in [5, 5.41) is 9.40. The van der Waals surface area contributed by atoms with E-state index >= 15 is 0 Å². The van der Waals surface area contributed by atoms with Crippen LogP contribution in [0.25, 0.3) is 0 Å². The summed E-state index contributed by atoms with van der Waals surface area (Å²) in [6.45, 7) is 2.60. The van der Waals surface area contributed by atoms with Gasteiger partial charge in [0.15, 0.2) is 11.6 Å². The third-order valence-corrected chi connectivity index (χ3v) is 5.77. The summed E-state index contributed by atoms with van der Waals surface area (Å²) < 4.78 is 45.3. The molecule has 1 unspecified atom stereocenters. The summed E-state index contributed by atoms with van der Waals surface area (Å²) >= 11 is 0. The molecule has 3 nitrogen and oxygen atoms in total. The van der Waals surface area contributed by atoms with Crippen LogP contribution < -0.4 is 0 Å². The van der Waals surface area contributed by atoms with Crippen molar-refractivity contribution in [2.75, 3.05) is 6.61 Å². The lowest BCUT2D eigenvalue weighted by molar-refractivity contribution is -0.155. The van der Waals surface area contributed by atoms with Gasteiger partial charge in [0.2, 0.25) is 6.43 Å². The number of carbonyl (C=O) groups is 1. The molecule has 0 amide bonds. The van der Waals surface area contributed by atoms with E-state index in [0.717, 1.165) is 19.3 Å². The number of ether oxygens (including phenoxy) is 1. The average Bonchev–Trinajstić information content (AvgIpc) is 2.60. The molecular formula is C20H29F3O3. The van der Waals surface area contributed by atoms with Gasteiger partial charge in [-0.25, -0.2) is 13.2 Å². The number of carboxylic acids is 1. The predicted molar refractivity (Wildman–Crippen MR) is 93.5 cm³/mol. The molecule has 1 N–H and O–H groups in total. The molecule has 2 rings (SSSR count). The quantitative estimate of drug-likeness (QED) is 0.514. The molecule has 2 aliphatic carbocycles. The van der Waals surface area contributed by atoms with E-state index in [1.165, 1.54) is 0 Å². The summed E-state index contributed by atoms with van der Waals surface area (Å²) in [4.78, 5) is 11.5. The van der Waals surface area contributed by atoms with Crippen LogP contribution in [-0.2, 0) is 9.53 Å². The number of aliphatic carboxylic acids is 1. The monoisotopic (exact) mass is 374 g/mol. The van der Waals surface area contributed by atoms with Crippen molar-refractivity contribution in [3.05, 3.63) is 23.7 Å². The second-order valence-electron chi connectivity index (χ2n) is 7.56. The SMILES string of the molecule is CCCCCOC1=CCC([C@H]2CC[C@](CC(F)F)(C(=O)O)CC2)C=C1F. The summed E-state index contributed by atoms with van der Waals surface area (Å²) in [7, 11) is 0. The van der Waals surface area contributed by atoms with Gasteiger partial charge in [-0.15, -0.1) is 0 Å². The lowest BCUT2D eigenvalue weighted by Crippen LogP contribution is -2.38. The fourth-order valence-corrected chi connectivity index (χ4v) is 4.09. The van der Waals surface area contributed by atoms with Crippen molar-refractivity contribution in [2.45, 2.75) is 71.1 Å². The van der Waals surface area contributed by atoms with Crippen molar-refractivity contribution >= 4 is 5.97 Å². The molecule has 1 fully saturated rings. The van der Waals surface area contributed by atoms with Crippen molar-refractivity contribution in [2.24, 2.45) is 17.3 Å². The minimum Gasteiger partial charge on any atom is -0.491 e. The van der Waals surface area contributed by atoms with E-state index in [0.29, 0.717) is 31.6 Å². The van der Waals surface area contributed by atoms with Crippen LogP contribution in [0.4, 0.5) is 13.2 Å². The number of halogens is 3. The van der Waals surface area contributed by atoms with Crippen LogP contribution in [0.2, 0.25) is 0 Å². The van der Waals surface area contributed by atoms with Crippen LogP contribution in [-0.4, -0.2) is 24.1 Å². The lowest BCUT2D eigenvalue weighted by atomic mass is 9.65. The second-order valence-corrected chi connectivity index (χ2v) is 7.56. The standard InChI is InChI=1S/C20H29F3O3/c1-2-3-4-11-26-17-6-5-15(12-16(17)21)14-7-9-20(10-8-14,19(24)25)13-18(22)23/h6,12,14-15,18H,2-5,7-11,13H2,1H3,(H,24,25)/t14-,15?,20-. The van der Waals surface area contributed by atoms with Crippen LogP contribution >= 0.6 is 0 Å². The minimum absolute atomic E-state index is 0.0173. The Kier molecular flexibility index (Phi) is 7.59. The highest BCUT2D eigenvalue weighted by atomic mass is 19.3. The molecule has 26 heavy (non-hydrogen) atoms. The first-order valence-electron chi connectivity index (χ1n) is 9.60. The molecule has 148 valence electrons. The Hall–Kier alpha value is -1.46. The van der Waals surface area contributed by atoms with E-state index in [9.17, 15) is 23.1 Å². The molecule has 0 heterocycles. The van der Waals surface area contributed by atoms with Gasteiger partial charge in [0.25, 0.3) is 0 Å².